The van der Waals surface area contributed by atoms with E-state index >= 15 is 0 Å². The molecule has 0 aliphatic carbocycles. The number of carbonyl (C=O) groups excluding carboxylic acids is 2. The third-order valence-corrected chi connectivity index (χ3v) is 4.80. The Kier molecular flexibility index (Phi) is 6.90. The molecule has 0 saturated heterocycles. The molecular weight excluding hydrogens is 413 g/mol. The van der Waals surface area contributed by atoms with E-state index in [-0.39, 0.29) is 24.7 Å². The largest absolute Gasteiger partial charge is 0.441 e. The molecule has 8 heteroatoms. The summed E-state index contributed by atoms with van der Waals surface area (Å²) in [5, 5.41) is 0.978. The maximum atomic E-state index is 12.1. The van der Waals surface area contributed by atoms with E-state index in [2.05, 4.69) is 15.8 Å². The molecule has 1 heterocycles. The van der Waals surface area contributed by atoms with Crippen molar-refractivity contribution >= 4 is 35.0 Å². The Bertz CT molecular complexity index is 1020. The molecule has 0 atom stereocenters. The second-order valence-corrected chi connectivity index (χ2v) is 7.14. The van der Waals surface area contributed by atoms with Crippen molar-refractivity contribution in [3.05, 3.63) is 75.7 Å². The zero-order valence-electron chi connectivity index (χ0n) is 15.7. The van der Waals surface area contributed by atoms with E-state index in [1.807, 2.05) is 19.1 Å². The monoisotopic (exact) mass is 431 g/mol. The van der Waals surface area contributed by atoms with Crippen LogP contribution in [0.4, 0.5) is 0 Å². The highest BCUT2D eigenvalue weighted by Gasteiger charge is 2.12. The molecule has 1 aromatic heterocycles. The van der Waals surface area contributed by atoms with Gasteiger partial charge in [-0.3, -0.25) is 20.4 Å². The second kappa shape index (κ2) is 9.58. The van der Waals surface area contributed by atoms with Crippen LogP contribution in [-0.2, 0) is 17.6 Å². The summed E-state index contributed by atoms with van der Waals surface area (Å²) in [4.78, 5) is 28.2. The van der Waals surface area contributed by atoms with Gasteiger partial charge >= 0.3 is 0 Å². The van der Waals surface area contributed by atoms with Gasteiger partial charge in [0.05, 0.1) is 11.2 Å². The molecule has 3 aromatic rings. The highest BCUT2D eigenvalue weighted by atomic mass is 35.5. The predicted molar refractivity (Wildman–Crippen MR) is 112 cm³/mol. The minimum Gasteiger partial charge on any atom is -0.441 e. The van der Waals surface area contributed by atoms with E-state index in [0.29, 0.717) is 32.8 Å². The maximum Gasteiger partial charge on any atom is 0.269 e. The lowest BCUT2D eigenvalue weighted by atomic mass is 10.1. The van der Waals surface area contributed by atoms with Crippen LogP contribution in [0.3, 0.4) is 0 Å². The number of oxazole rings is 1. The molecule has 0 bridgehead atoms. The van der Waals surface area contributed by atoms with Crippen molar-refractivity contribution in [3.8, 4) is 11.3 Å². The predicted octanol–water partition coefficient (Wildman–Crippen LogP) is 4.60. The zero-order chi connectivity index (χ0) is 20.8. The maximum absolute atomic E-state index is 12.1. The van der Waals surface area contributed by atoms with Crippen LogP contribution in [0.5, 0.6) is 0 Å². The number of benzene rings is 2. The van der Waals surface area contributed by atoms with Gasteiger partial charge in [-0.15, -0.1) is 0 Å². The molecule has 2 amide bonds. The standard InChI is InChI=1S/C21H19Cl2N3O3/c1-2-13-3-5-14(6-4-13)21(28)26-25-19(27)9-10-20-24-12-18(29-20)16-8-7-15(22)11-17(16)23/h3-8,11-12H,2,9-10H2,1H3,(H,25,27)(H,26,28). The second-order valence-electron chi connectivity index (χ2n) is 6.30. The van der Waals surface area contributed by atoms with Crippen LogP contribution in [-0.4, -0.2) is 16.8 Å². The van der Waals surface area contributed by atoms with E-state index in [1.54, 1.807) is 36.5 Å². The quantitative estimate of drug-likeness (QED) is 0.558. The Morgan fingerprint density at radius 1 is 1.07 bits per heavy atom. The lowest BCUT2D eigenvalue weighted by Crippen LogP contribution is -2.41. The number of hydrogen-bond acceptors (Lipinski definition) is 4. The molecule has 0 spiro atoms. The van der Waals surface area contributed by atoms with Crippen LogP contribution < -0.4 is 10.9 Å². The molecule has 0 fully saturated rings. The lowest BCUT2D eigenvalue weighted by molar-refractivity contribution is -0.121. The highest BCUT2D eigenvalue weighted by Crippen LogP contribution is 2.30. The Labute approximate surface area is 178 Å². The number of halogens is 2. The summed E-state index contributed by atoms with van der Waals surface area (Å²) in [5.41, 5.74) is 7.06. The molecule has 0 aliphatic rings. The molecule has 0 saturated carbocycles. The molecule has 3 rings (SSSR count). The van der Waals surface area contributed by atoms with Crippen LogP contribution in [0, 0.1) is 0 Å². The van der Waals surface area contributed by atoms with Gasteiger partial charge in [0, 0.05) is 29.0 Å². The summed E-state index contributed by atoms with van der Waals surface area (Å²) in [7, 11) is 0. The summed E-state index contributed by atoms with van der Waals surface area (Å²) in [6.07, 6.45) is 2.82. The number of aryl methyl sites for hydroxylation is 2. The van der Waals surface area contributed by atoms with Gasteiger partial charge in [-0.05, 0) is 42.3 Å². The van der Waals surface area contributed by atoms with E-state index < -0.39 is 0 Å². The van der Waals surface area contributed by atoms with Crippen LogP contribution in [0.1, 0.15) is 35.2 Å². The Hall–Kier alpha value is -2.83. The van der Waals surface area contributed by atoms with Crippen LogP contribution in [0.25, 0.3) is 11.3 Å². The summed E-state index contributed by atoms with van der Waals surface area (Å²) >= 11 is 12.1. The van der Waals surface area contributed by atoms with Crippen molar-refractivity contribution < 1.29 is 14.0 Å². The molecule has 0 unspecified atom stereocenters. The zero-order valence-corrected chi connectivity index (χ0v) is 17.2. The van der Waals surface area contributed by atoms with E-state index in [4.69, 9.17) is 27.6 Å². The van der Waals surface area contributed by atoms with Gasteiger partial charge in [0.25, 0.3) is 5.91 Å². The number of hydrazine groups is 1. The van der Waals surface area contributed by atoms with Gasteiger partial charge in [-0.25, -0.2) is 4.98 Å². The van der Waals surface area contributed by atoms with Crippen molar-refractivity contribution in [1.82, 2.24) is 15.8 Å². The molecule has 2 aromatic carbocycles. The first kappa shape index (κ1) is 20.9. The van der Waals surface area contributed by atoms with Crippen LogP contribution in [0.2, 0.25) is 10.0 Å². The molecular formula is C21H19Cl2N3O3. The first-order valence-corrected chi connectivity index (χ1v) is 9.80. The lowest BCUT2D eigenvalue weighted by Gasteiger charge is -2.07. The Balaban J connectivity index is 1.49. The summed E-state index contributed by atoms with van der Waals surface area (Å²) in [6.45, 7) is 2.04. The first-order valence-electron chi connectivity index (χ1n) is 9.04. The fourth-order valence-corrected chi connectivity index (χ4v) is 3.11. The number of aromatic nitrogens is 1. The topological polar surface area (TPSA) is 84.2 Å². The fraction of sp³-hybridized carbons (Fsp3) is 0.190. The Morgan fingerprint density at radius 2 is 1.83 bits per heavy atom. The third kappa shape index (κ3) is 5.59. The number of carbonyl (C=O) groups is 2. The van der Waals surface area contributed by atoms with Crippen molar-refractivity contribution in [2.75, 3.05) is 0 Å². The minimum atomic E-state index is -0.378. The van der Waals surface area contributed by atoms with Gasteiger partial charge in [-0.2, -0.15) is 0 Å². The average Bonchev–Trinajstić information content (AvgIpc) is 3.19. The normalized spacial score (nSPS) is 10.6. The Morgan fingerprint density at radius 3 is 2.52 bits per heavy atom. The van der Waals surface area contributed by atoms with Crippen molar-refractivity contribution in [2.45, 2.75) is 26.2 Å². The smallest absolute Gasteiger partial charge is 0.269 e. The third-order valence-electron chi connectivity index (χ3n) is 4.26. The van der Waals surface area contributed by atoms with E-state index in [9.17, 15) is 9.59 Å². The number of hydrogen-bond donors (Lipinski definition) is 2. The number of nitrogens with one attached hydrogen (secondary N) is 2. The SMILES string of the molecule is CCc1ccc(C(=O)NNC(=O)CCc2ncc(-c3ccc(Cl)cc3Cl)o2)cc1. The number of amides is 2. The summed E-state index contributed by atoms with van der Waals surface area (Å²) in [5.74, 6) is 0.151. The first-order chi connectivity index (χ1) is 14.0. The van der Waals surface area contributed by atoms with Gasteiger partial charge < -0.3 is 4.42 Å². The highest BCUT2D eigenvalue weighted by molar-refractivity contribution is 6.36. The fourth-order valence-electron chi connectivity index (χ4n) is 2.61. The van der Waals surface area contributed by atoms with Crippen LogP contribution in [0.15, 0.2) is 53.1 Å². The van der Waals surface area contributed by atoms with Gasteiger partial charge in [0.15, 0.2) is 11.7 Å². The molecule has 6 nitrogen and oxygen atoms in total. The van der Waals surface area contributed by atoms with Gasteiger partial charge in [0.1, 0.15) is 0 Å². The summed E-state index contributed by atoms with van der Waals surface area (Å²) in [6, 6.07) is 12.3. The molecule has 0 radical (unpaired) electrons. The van der Waals surface area contributed by atoms with E-state index in [1.165, 1.54) is 0 Å². The van der Waals surface area contributed by atoms with E-state index in [0.717, 1.165) is 12.0 Å². The minimum absolute atomic E-state index is 0.101. The number of nitrogens with zero attached hydrogens (tertiary/aromatic N) is 1. The average molecular weight is 432 g/mol. The molecule has 29 heavy (non-hydrogen) atoms. The van der Waals surface area contributed by atoms with Crippen molar-refractivity contribution in [3.63, 3.8) is 0 Å². The molecule has 0 aliphatic heterocycles. The summed E-state index contributed by atoms with van der Waals surface area (Å²) < 4.78 is 5.65. The van der Waals surface area contributed by atoms with Crippen molar-refractivity contribution in [2.24, 2.45) is 0 Å². The van der Waals surface area contributed by atoms with Crippen LogP contribution >= 0.6 is 23.2 Å². The molecule has 150 valence electrons. The molecule has 2 N–H and O–H groups in total. The van der Waals surface area contributed by atoms with Gasteiger partial charge in [-0.1, -0.05) is 42.3 Å². The van der Waals surface area contributed by atoms with Gasteiger partial charge in [0.2, 0.25) is 5.91 Å². The van der Waals surface area contributed by atoms with Crippen molar-refractivity contribution in [1.29, 1.82) is 0 Å². The number of rotatable bonds is 6.